The number of hydrogen-bond acceptors (Lipinski definition) is 8. The summed E-state index contributed by atoms with van der Waals surface area (Å²) in [6, 6.07) is 10.0. The number of aliphatic hydroxyl groups is 1. The van der Waals surface area contributed by atoms with Crippen LogP contribution < -0.4 is 21.1 Å². The highest BCUT2D eigenvalue weighted by atomic mass is 35.5. The van der Waals surface area contributed by atoms with E-state index in [1.165, 1.54) is 31.2 Å². The van der Waals surface area contributed by atoms with E-state index in [0.717, 1.165) is 0 Å². The number of rotatable bonds is 8. The number of hydrogen-bond donors (Lipinski definition) is 4. The van der Waals surface area contributed by atoms with E-state index in [1.807, 2.05) is 0 Å². The molecular weight excluding hydrogens is 486 g/mol. The predicted octanol–water partition coefficient (Wildman–Crippen LogP) is 2.25. The summed E-state index contributed by atoms with van der Waals surface area (Å²) >= 11 is 5.89. The standard InChI is InChI=1S/C24H24ClN7O4/c1-27-22(34)16-10-18(32-20(16)21(26)30-12-31-32)14-9-17(24(36-2)29-11-14)23(35)28-8-7-19(33)13-3-5-15(25)6-4-13/h3-6,9-12,19,33H,7-8H2,1-2H3,(H,27,34)(H,28,35)(H2,26,30,31)/t19-/m0/s1. The SMILES string of the molecule is CNC(=O)c1cc(-c2cnc(OC)c(C(=O)NCC[C@H](O)c3ccc(Cl)cc3)c2)n2ncnc(N)c12. The highest BCUT2D eigenvalue weighted by molar-refractivity contribution is 6.30. The van der Waals surface area contributed by atoms with Crippen LogP contribution in [0, 0.1) is 0 Å². The molecule has 186 valence electrons. The lowest BCUT2D eigenvalue weighted by molar-refractivity contribution is 0.0936. The second kappa shape index (κ2) is 10.6. The normalized spacial score (nSPS) is 11.8. The van der Waals surface area contributed by atoms with Gasteiger partial charge in [-0.05, 0) is 36.2 Å². The van der Waals surface area contributed by atoms with Gasteiger partial charge in [-0.15, -0.1) is 0 Å². The number of aromatic nitrogens is 4. The van der Waals surface area contributed by atoms with Gasteiger partial charge in [-0.1, -0.05) is 23.7 Å². The maximum absolute atomic E-state index is 13.0. The predicted molar refractivity (Wildman–Crippen MR) is 134 cm³/mol. The summed E-state index contributed by atoms with van der Waals surface area (Å²) in [5.41, 5.74) is 8.50. The van der Waals surface area contributed by atoms with Gasteiger partial charge in [0.15, 0.2) is 5.82 Å². The number of methoxy groups -OCH3 is 1. The second-order valence-electron chi connectivity index (χ2n) is 7.82. The fraction of sp³-hybridized carbons (Fsp3) is 0.208. The molecule has 0 aliphatic heterocycles. The van der Waals surface area contributed by atoms with Crippen molar-refractivity contribution in [2.24, 2.45) is 0 Å². The molecule has 11 nitrogen and oxygen atoms in total. The summed E-state index contributed by atoms with van der Waals surface area (Å²) in [6.45, 7) is 0.203. The van der Waals surface area contributed by atoms with E-state index < -0.39 is 12.0 Å². The molecule has 0 saturated heterocycles. The Balaban J connectivity index is 1.60. The monoisotopic (exact) mass is 509 g/mol. The number of carbonyl (C=O) groups excluding carboxylic acids is 2. The number of nitrogens with zero attached hydrogens (tertiary/aromatic N) is 4. The van der Waals surface area contributed by atoms with Crippen LogP contribution in [0.25, 0.3) is 16.8 Å². The van der Waals surface area contributed by atoms with Crippen LogP contribution in [-0.4, -0.2) is 57.2 Å². The van der Waals surface area contributed by atoms with Crippen molar-refractivity contribution in [3.63, 3.8) is 0 Å². The fourth-order valence-corrected chi connectivity index (χ4v) is 3.89. The zero-order valence-electron chi connectivity index (χ0n) is 19.5. The Morgan fingerprint density at radius 2 is 1.92 bits per heavy atom. The van der Waals surface area contributed by atoms with Gasteiger partial charge in [0.1, 0.15) is 17.4 Å². The maximum atomic E-state index is 13.0. The molecular formula is C24H24ClN7O4. The number of benzene rings is 1. The first kappa shape index (κ1) is 24.9. The molecule has 12 heteroatoms. The molecule has 3 aromatic heterocycles. The van der Waals surface area contributed by atoms with Crippen LogP contribution in [0.3, 0.4) is 0 Å². The summed E-state index contributed by atoms with van der Waals surface area (Å²) in [5, 5.41) is 20.5. The number of aliphatic hydroxyl groups excluding tert-OH is 1. The van der Waals surface area contributed by atoms with Gasteiger partial charge in [0.25, 0.3) is 11.8 Å². The van der Waals surface area contributed by atoms with Gasteiger partial charge in [-0.25, -0.2) is 14.5 Å². The zero-order valence-corrected chi connectivity index (χ0v) is 20.3. The molecule has 3 heterocycles. The van der Waals surface area contributed by atoms with Crippen LogP contribution in [-0.2, 0) is 0 Å². The summed E-state index contributed by atoms with van der Waals surface area (Å²) < 4.78 is 6.76. The zero-order chi connectivity index (χ0) is 25.8. The van der Waals surface area contributed by atoms with Crippen molar-refractivity contribution in [3.8, 4) is 17.1 Å². The largest absolute Gasteiger partial charge is 0.480 e. The van der Waals surface area contributed by atoms with E-state index in [0.29, 0.717) is 27.4 Å². The van der Waals surface area contributed by atoms with Crippen LogP contribution >= 0.6 is 11.6 Å². The van der Waals surface area contributed by atoms with Crippen LogP contribution in [0.15, 0.2) is 48.9 Å². The number of anilines is 1. The minimum atomic E-state index is -0.769. The number of halogens is 1. The Morgan fingerprint density at radius 3 is 2.61 bits per heavy atom. The fourth-order valence-electron chi connectivity index (χ4n) is 3.77. The van der Waals surface area contributed by atoms with E-state index in [4.69, 9.17) is 22.1 Å². The van der Waals surface area contributed by atoms with Gasteiger partial charge in [-0.3, -0.25) is 9.59 Å². The molecule has 4 rings (SSSR count). The quantitative estimate of drug-likeness (QED) is 0.281. The lowest BCUT2D eigenvalue weighted by Gasteiger charge is -2.13. The Labute approximate surface area is 211 Å². The molecule has 0 aliphatic carbocycles. The molecule has 0 spiro atoms. The number of nitrogens with one attached hydrogen (secondary N) is 2. The van der Waals surface area contributed by atoms with Crippen molar-refractivity contribution in [1.82, 2.24) is 30.2 Å². The smallest absolute Gasteiger partial charge is 0.256 e. The van der Waals surface area contributed by atoms with Crippen molar-refractivity contribution in [3.05, 3.63) is 70.6 Å². The Hall–Kier alpha value is -4.22. The number of pyridine rings is 1. The van der Waals surface area contributed by atoms with Crippen molar-refractivity contribution >= 4 is 34.7 Å². The average molecular weight is 510 g/mol. The lowest BCUT2D eigenvalue weighted by atomic mass is 10.1. The molecule has 2 amide bonds. The third-order valence-corrected chi connectivity index (χ3v) is 5.85. The molecule has 0 fully saturated rings. The molecule has 36 heavy (non-hydrogen) atoms. The number of carbonyl (C=O) groups is 2. The lowest BCUT2D eigenvalue weighted by Crippen LogP contribution is -2.26. The van der Waals surface area contributed by atoms with Gasteiger partial charge in [-0.2, -0.15) is 5.10 Å². The van der Waals surface area contributed by atoms with Gasteiger partial charge in [0.05, 0.1) is 24.5 Å². The number of ether oxygens (including phenoxy) is 1. The number of nitrogens with two attached hydrogens (primary N) is 1. The average Bonchev–Trinajstić information content (AvgIpc) is 3.29. The van der Waals surface area contributed by atoms with Gasteiger partial charge in [0, 0.05) is 30.4 Å². The molecule has 4 aromatic rings. The van der Waals surface area contributed by atoms with Crippen molar-refractivity contribution < 1.29 is 19.4 Å². The highest BCUT2D eigenvalue weighted by Crippen LogP contribution is 2.30. The number of fused-ring (bicyclic) bond motifs is 1. The van der Waals surface area contributed by atoms with E-state index in [2.05, 4.69) is 25.7 Å². The molecule has 1 atom stereocenters. The summed E-state index contributed by atoms with van der Waals surface area (Å²) in [7, 11) is 2.92. The number of nitrogen functional groups attached to an aromatic ring is 1. The molecule has 0 saturated carbocycles. The van der Waals surface area contributed by atoms with E-state index in [1.54, 1.807) is 36.4 Å². The summed E-state index contributed by atoms with van der Waals surface area (Å²) in [5.74, 6) is -0.547. The first-order valence-corrected chi connectivity index (χ1v) is 11.3. The Morgan fingerprint density at radius 1 is 1.17 bits per heavy atom. The Kier molecular flexibility index (Phi) is 7.32. The molecule has 0 radical (unpaired) electrons. The van der Waals surface area contributed by atoms with Crippen molar-refractivity contribution in [1.29, 1.82) is 0 Å². The van der Waals surface area contributed by atoms with Crippen molar-refractivity contribution in [2.45, 2.75) is 12.5 Å². The molecule has 0 bridgehead atoms. The first-order valence-electron chi connectivity index (χ1n) is 10.9. The second-order valence-corrected chi connectivity index (χ2v) is 8.26. The number of amides is 2. The Bertz CT molecular complexity index is 1420. The molecule has 1 aromatic carbocycles. The minimum Gasteiger partial charge on any atom is -0.480 e. The topological polar surface area (TPSA) is 157 Å². The third kappa shape index (κ3) is 4.92. The molecule has 0 aliphatic rings. The first-order chi connectivity index (χ1) is 17.3. The van der Waals surface area contributed by atoms with Crippen LogP contribution in [0.1, 0.15) is 38.8 Å². The highest BCUT2D eigenvalue weighted by Gasteiger charge is 2.22. The van der Waals surface area contributed by atoms with Crippen LogP contribution in [0.5, 0.6) is 5.88 Å². The molecule has 5 N–H and O–H groups in total. The van der Waals surface area contributed by atoms with Crippen LogP contribution in [0.2, 0.25) is 5.02 Å². The maximum Gasteiger partial charge on any atom is 0.256 e. The van der Waals surface area contributed by atoms with Gasteiger partial charge < -0.3 is 26.2 Å². The summed E-state index contributed by atoms with van der Waals surface area (Å²) in [6.07, 6.45) is 2.30. The summed E-state index contributed by atoms with van der Waals surface area (Å²) in [4.78, 5) is 33.7. The van der Waals surface area contributed by atoms with E-state index in [9.17, 15) is 14.7 Å². The third-order valence-electron chi connectivity index (χ3n) is 5.60. The van der Waals surface area contributed by atoms with E-state index >= 15 is 0 Å². The van der Waals surface area contributed by atoms with Gasteiger partial charge in [0.2, 0.25) is 5.88 Å². The van der Waals surface area contributed by atoms with E-state index in [-0.39, 0.29) is 41.7 Å². The van der Waals surface area contributed by atoms with Crippen LogP contribution in [0.4, 0.5) is 5.82 Å². The molecule has 0 unspecified atom stereocenters. The minimum absolute atomic E-state index is 0.121. The van der Waals surface area contributed by atoms with Crippen molar-refractivity contribution in [2.75, 3.05) is 26.4 Å². The van der Waals surface area contributed by atoms with Gasteiger partial charge >= 0.3 is 0 Å².